The Balaban J connectivity index is 1.90. The van der Waals surface area contributed by atoms with Crippen LogP contribution >= 0.6 is 0 Å². The van der Waals surface area contributed by atoms with E-state index in [-0.39, 0.29) is 12.0 Å². The van der Waals surface area contributed by atoms with Crippen molar-refractivity contribution in [3.8, 4) is 0 Å². The van der Waals surface area contributed by atoms with E-state index in [4.69, 9.17) is 4.52 Å². The molecule has 2 atom stereocenters. The lowest BCUT2D eigenvalue weighted by Crippen LogP contribution is -2.19. The van der Waals surface area contributed by atoms with E-state index in [0.717, 1.165) is 5.56 Å². The third-order valence-corrected chi connectivity index (χ3v) is 3.09. The zero-order valence-electron chi connectivity index (χ0n) is 12.1. The van der Waals surface area contributed by atoms with Gasteiger partial charge in [0.2, 0.25) is 0 Å². The highest BCUT2D eigenvalue weighted by molar-refractivity contribution is 5.22. The Morgan fingerprint density at radius 1 is 1.20 bits per heavy atom. The third kappa shape index (κ3) is 3.81. The van der Waals surface area contributed by atoms with Crippen LogP contribution in [0.1, 0.15) is 50.6 Å². The second kappa shape index (κ2) is 6.52. The second-order valence-electron chi connectivity index (χ2n) is 5.32. The number of anilines is 1. The van der Waals surface area contributed by atoms with Crippen LogP contribution in [-0.4, -0.2) is 21.3 Å². The molecule has 20 heavy (non-hydrogen) atoms. The molecular formula is C15H21N3O2. The van der Waals surface area contributed by atoms with Crippen LogP contribution in [0.25, 0.3) is 0 Å². The topological polar surface area (TPSA) is 71.2 Å². The van der Waals surface area contributed by atoms with Crippen LogP contribution < -0.4 is 5.32 Å². The minimum atomic E-state index is -0.508. The van der Waals surface area contributed by atoms with Crippen molar-refractivity contribution >= 4 is 6.01 Å². The van der Waals surface area contributed by atoms with Gasteiger partial charge in [0.25, 0.3) is 0 Å². The van der Waals surface area contributed by atoms with Crippen LogP contribution in [0.15, 0.2) is 34.9 Å². The molecule has 0 saturated heterocycles. The summed E-state index contributed by atoms with van der Waals surface area (Å²) in [6.07, 6.45) is 0.0647. The van der Waals surface area contributed by atoms with E-state index in [1.807, 2.05) is 51.1 Å². The van der Waals surface area contributed by atoms with Gasteiger partial charge < -0.3 is 14.9 Å². The molecular weight excluding hydrogens is 254 g/mol. The van der Waals surface area contributed by atoms with Crippen LogP contribution in [0, 0.1) is 0 Å². The van der Waals surface area contributed by atoms with Crippen molar-refractivity contribution in [3.63, 3.8) is 0 Å². The lowest BCUT2D eigenvalue weighted by Gasteiger charge is -2.16. The van der Waals surface area contributed by atoms with E-state index >= 15 is 0 Å². The van der Waals surface area contributed by atoms with Crippen molar-refractivity contribution in [1.29, 1.82) is 0 Å². The first-order valence-corrected chi connectivity index (χ1v) is 6.89. The maximum absolute atomic E-state index is 10.2. The number of benzene rings is 1. The fraction of sp³-hybridized carbons (Fsp3) is 0.467. The molecule has 0 fully saturated rings. The molecule has 5 nitrogen and oxygen atoms in total. The molecule has 1 aromatic heterocycles. The summed E-state index contributed by atoms with van der Waals surface area (Å²) in [4.78, 5) is 4.26. The number of aliphatic hydroxyl groups excluding tert-OH is 1. The van der Waals surface area contributed by atoms with Crippen LogP contribution in [0.2, 0.25) is 0 Å². The zero-order valence-corrected chi connectivity index (χ0v) is 12.1. The summed E-state index contributed by atoms with van der Waals surface area (Å²) in [5.74, 6) is 0.919. The number of hydrogen-bond donors (Lipinski definition) is 2. The van der Waals surface area contributed by atoms with Crippen LogP contribution in [0.3, 0.4) is 0 Å². The van der Waals surface area contributed by atoms with E-state index in [1.54, 1.807) is 0 Å². The molecule has 2 aromatic rings. The highest BCUT2D eigenvalue weighted by Gasteiger charge is 2.15. The van der Waals surface area contributed by atoms with Gasteiger partial charge in [-0.2, -0.15) is 4.98 Å². The number of aliphatic hydroxyl groups is 1. The fourth-order valence-corrected chi connectivity index (χ4v) is 1.94. The lowest BCUT2D eigenvalue weighted by atomic mass is 10.0. The minimum absolute atomic E-state index is 0.0330. The molecule has 108 valence electrons. The smallest absolute Gasteiger partial charge is 0.321 e. The SMILES string of the molecule is CC(C)c1noc(N[C@H](C)C[C@H](O)c2ccccc2)n1. The van der Waals surface area contributed by atoms with E-state index in [9.17, 15) is 5.11 Å². The molecule has 1 heterocycles. The van der Waals surface area contributed by atoms with Crippen molar-refractivity contribution < 1.29 is 9.63 Å². The summed E-state index contributed by atoms with van der Waals surface area (Å²) >= 11 is 0. The highest BCUT2D eigenvalue weighted by atomic mass is 16.5. The fourth-order valence-electron chi connectivity index (χ4n) is 1.94. The first kappa shape index (κ1) is 14.5. The quantitative estimate of drug-likeness (QED) is 0.847. The van der Waals surface area contributed by atoms with Crippen molar-refractivity contribution in [2.75, 3.05) is 5.32 Å². The summed E-state index contributed by atoms with van der Waals surface area (Å²) in [5, 5.41) is 17.2. The largest absolute Gasteiger partial charge is 0.388 e. The molecule has 0 radical (unpaired) electrons. The lowest BCUT2D eigenvalue weighted by molar-refractivity contribution is 0.162. The molecule has 0 saturated carbocycles. The number of nitrogens with one attached hydrogen (secondary N) is 1. The van der Waals surface area contributed by atoms with Crippen molar-refractivity contribution in [2.45, 2.75) is 45.3 Å². The highest BCUT2D eigenvalue weighted by Crippen LogP contribution is 2.20. The van der Waals surface area contributed by atoms with Gasteiger partial charge in [0.05, 0.1) is 6.10 Å². The summed E-state index contributed by atoms with van der Waals surface area (Å²) in [5.41, 5.74) is 0.912. The molecule has 0 unspecified atom stereocenters. The summed E-state index contributed by atoms with van der Waals surface area (Å²) in [7, 11) is 0. The average Bonchev–Trinajstić information content (AvgIpc) is 2.88. The van der Waals surface area contributed by atoms with Gasteiger partial charge in [-0.05, 0) is 18.9 Å². The van der Waals surface area contributed by atoms with Crippen LogP contribution in [0.5, 0.6) is 0 Å². The molecule has 5 heteroatoms. The van der Waals surface area contributed by atoms with Gasteiger partial charge in [-0.1, -0.05) is 49.3 Å². The Hall–Kier alpha value is -1.88. The Labute approximate surface area is 119 Å². The molecule has 2 N–H and O–H groups in total. The predicted octanol–water partition coefficient (Wildman–Crippen LogP) is 3.12. The van der Waals surface area contributed by atoms with Gasteiger partial charge in [0.15, 0.2) is 5.82 Å². The molecule has 1 aromatic carbocycles. The van der Waals surface area contributed by atoms with E-state index < -0.39 is 6.10 Å². The van der Waals surface area contributed by atoms with Crippen LogP contribution in [-0.2, 0) is 0 Å². The standard InChI is InChI=1S/C15H21N3O2/c1-10(2)14-17-15(20-18-14)16-11(3)9-13(19)12-7-5-4-6-8-12/h4-8,10-11,13,19H,9H2,1-3H3,(H,16,17,18)/t11-,13+/m1/s1. The summed E-state index contributed by atoms with van der Waals surface area (Å²) < 4.78 is 5.13. The number of hydrogen-bond acceptors (Lipinski definition) is 5. The zero-order chi connectivity index (χ0) is 14.5. The Kier molecular flexibility index (Phi) is 4.74. The molecule has 2 rings (SSSR count). The first-order valence-electron chi connectivity index (χ1n) is 6.89. The predicted molar refractivity (Wildman–Crippen MR) is 77.5 cm³/mol. The Morgan fingerprint density at radius 3 is 2.50 bits per heavy atom. The number of aromatic nitrogens is 2. The van der Waals surface area contributed by atoms with Gasteiger partial charge in [-0.25, -0.2) is 0 Å². The molecule has 0 aliphatic heterocycles. The van der Waals surface area contributed by atoms with Crippen molar-refractivity contribution in [2.24, 2.45) is 0 Å². The normalized spacial score (nSPS) is 14.2. The first-order chi connectivity index (χ1) is 9.56. The maximum atomic E-state index is 10.2. The second-order valence-corrected chi connectivity index (χ2v) is 5.32. The molecule has 0 spiro atoms. The maximum Gasteiger partial charge on any atom is 0.321 e. The number of nitrogens with zero attached hydrogens (tertiary/aromatic N) is 2. The average molecular weight is 275 g/mol. The molecule has 0 amide bonds. The molecule has 0 aliphatic rings. The Morgan fingerprint density at radius 2 is 1.90 bits per heavy atom. The van der Waals surface area contributed by atoms with E-state index in [2.05, 4.69) is 15.5 Å². The third-order valence-electron chi connectivity index (χ3n) is 3.09. The van der Waals surface area contributed by atoms with Gasteiger partial charge in [0.1, 0.15) is 0 Å². The molecule has 0 bridgehead atoms. The minimum Gasteiger partial charge on any atom is -0.388 e. The van der Waals surface area contributed by atoms with E-state index in [0.29, 0.717) is 18.3 Å². The summed E-state index contributed by atoms with van der Waals surface area (Å²) in [6.45, 7) is 6.00. The number of rotatable bonds is 6. The van der Waals surface area contributed by atoms with E-state index in [1.165, 1.54) is 0 Å². The summed E-state index contributed by atoms with van der Waals surface area (Å²) in [6, 6.07) is 10.0. The van der Waals surface area contributed by atoms with Gasteiger partial charge in [-0.3, -0.25) is 0 Å². The van der Waals surface area contributed by atoms with Crippen molar-refractivity contribution in [3.05, 3.63) is 41.7 Å². The van der Waals surface area contributed by atoms with Gasteiger partial charge in [0, 0.05) is 12.0 Å². The Bertz CT molecular complexity index is 525. The van der Waals surface area contributed by atoms with Gasteiger partial charge >= 0.3 is 6.01 Å². The molecule has 0 aliphatic carbocycles. The van der Waals surface area contributed by atoms with Crippen molar-refractivity contribution in [1.82, 2.24) is 10.1 Å². The van der Waals surface area contributed by atoms with Gasteiger partial charge in [-0.15, -0.1) is 0 Å². The van der Waals surface area contributed by atoms with Crippen LogP contribution in [0.4, 0.5) is 6.01 Å². The monoisotopic (exact) mass is 275 g/mol.